The summed E-state index contributed by atoms with van der Waals surface area (Å²) in [5.74, 6) is 0.351. The summed E-state index contributed by atoms with van der Waals surface area (Å²) in [5, 5.41) is 0. The second-order valence-corrected chi connectivity index (χ2v) is 7.38. The van der Waals surface area contributed by atoms with Crippen molar-refractivity contribution >= 4 is 17.4 Å². The Balaban J connectivity index is 1.48. The van der Waals surface area contributed by atoms with Crippen LogP contribution in [0.2, 0.25) is 0 Å². The summed E-state index contributed by atoms with van der Waals surface area (Å²) in [5.41, 5.74) is 8.79. The minimum Gasteiger partial charge on any atom is -0.406 e. The molecule has 152 valence electrons. The second kappa shape index (κ2) is 8.53. The van der Waals surface area contributed by atoms with Crippen LogP contribution in [0.25, 0.3) is 16.9 Å². The molecule has 3 heterocycles. The van der Waals surface area contributed by atoms with Crippen LogP contribution in [0, 0.1) is 0 Å². The zero-order chi connectivity index (χ0) is 20.2. The van der Waals surface area contributed by atoms with Crippen molar-refractivity contribution < 1.29 is 9.53 Å². The number of amides is 1. The fourth-order valence-electron chi connectivity index (χ4n) is 3.77. The molecule has 1 aromatic carbocycles. The van der Waals surface area contributed by atoms with Crippen molar-refractivity contribution in [3.8, 4) is 17.0 Å². The Morgan fingerprint density at radius 1 is 1.14 bits per heavy atom. The van der Waals surface area contributed by atoms with Crippen LogP contribution in [0.5, 0.6) is 5.75 Å². The van der Waals surface area contributed by atoms with Crippen LogP contribution in [-0.2, 0) is 0 Å². The lowest BCUT2D eigenvalue weighted by atomic mass is 10.1. The lowest BCUT2D eigenvalue weighted by molar-refractivity contribution is 0.211. The first-order chi connectivity index (χ1) is 14.1. The maximum Gasteiger partial charge on any atom is 0.410 e. The number of carbonyl (C=O) groups excluding carboxylic acids is 1. The molecule has 0 saturated carbocycles. The zero-order valence-corrected chi connectivity index (χ0v) is 16.8. The van der Waals surface area contributed by atoms with Crippen LogP contribution in [0.3, 0.4) is 0 Å². The van der Waals surface area contributed by atoms with E-state index in [9.17, 15) is 4.79 Å². The van der Waals surface area contributed by atoms with Gasteiger partial charge in [-0.3, -0.25) is 4.90 Å². The molecule has 1 saturated heterocycles. The van der Waals surface area contributed by atoms with Crippen molar-refractivity contribution in [1.82, 2.24) is 14.3 Å². The Labute approximate surface area is 170 Å². The van der Waals surface area contributed by atoms with E-state index in [-0.39, 0.29) is 0 Å². The first-order valence-electron chi connectivity index (χ1n) is 10.2. The predicted molar refractivity (Wildman–Crippen MR) is 114 cm³/mol. The largest absolute Gasteiger partial charge is 0.410 e. The number of nitrogens with two attached hydrogens (primary N) is 1. The van der Waals surface area contributed by atoms with Gasteiger partial charge < -0.3 is 19.8 Å². The van der Waals surface area contributed by atoms with E-state index in [4.69, 9.17) is 10.5 Å². The summed E-state index contributed by atoms with van der Waals surface area (Å²) < 4.78 is 6.88. The van der Waals surface area contributed by atoms with Gasteiger partial charge in [-0.25, -0.2) is 9.78 Å². The van der Waals surface area contributed by atoms with Gasteiger partial charge in [-0.15, -0.1) is 0 Å². The molecule has 1 fully saturated rings. The van der Waals surface area contributed by atoms with E-state index in [1.54, 1.807) is 12.1 Å². The minimum atomic E-state index is -0.846. The van der Waals surface area contributed by atoms with Gasteiger partial charge in [-0.05, 0) is 37.2 Å². The number of fused-ring (bicyclic) bond motifs is 1. The summed E-state index contributed by atoms with van der Waals surface area (Å²) in [6, 6.07) is 12.0. The number of imidazole rings is 1. The van der Waals surface area contributed by atoms with E-state index in [1.165, 1.54) is 25.1 Å². The summed E-state index contributed by atoms with van der Waals surface area (Å²) in [6.45, 7) is 7.81. The van der Waals surface area contributed by atoms with Gasteiger partial charge >= 0.3 is 6.09 Å². The molecule has 2 N–H and O–H groups in total. The van der Waals surface area contributed by atoms with E-state index in [0.29, 0.717) is 11.4 Å². The van der Waals surface area contributed by atoms with Gasteiger partial charge in [-0.2, -0.15) is 0 Å². The Morgan fingerprint density at radius 3 is 2.59 bits per heavy atom. The molecular weight excluding hydrogens is 366 g/mol. The van der Waals surface area contributed by atoms with Crippen LogP contribution in [-0.4, -0.2) is 53.1 Å². The number of piperazine rings is 1. The molecule has 7 nitrogen and oxygen atoms in total. The monoisotopic (exact) mass is 393 g/mol. The van der Waals surface area contributed by atoms with Gasteiger partial charge in [-0.1, -0.05) is 25.5 Å². The average Bonchev–Trinajstić information content (AvgIpc) is 3.18. The van der Waals surface area contributed by atoms with Gasteiger partial charge in [0, 0.05) is 49.8 Å². The van der Waals surface area contributed by atoms with Crippen molar-refractivity contribution in [2.75, 3.05) is 37.6 Å². The number of rotatable bonds is 6. The number of primary amides is 1. The molecule has 0 unspecified atom stereocenters. The molecule has 1 aliphatic heterocycles. The van der Waals surface area contributed by atoms with Crippen molar-refractivity contribution in [3.05, 3.63) is 48.8 Å². The third kappa shape index (κ3) is 4.35. The lowest BCUT2D eigenvalue weighted by Crippen LogP contribution is -2.46. The van der Waals surface area contributed by atoms with E-state index >= 15 is 0 Å². The van der Waals surface area contributed by atoms with Gasteiger partial charge in [0.2, 0.25) is 0 Å². The topological polar surface area (TPSA) is 76.1 Å². The highest BCUT2D eigenvalue weighted by Crippen LogP contribution is 2.26. The zero-order valence-electron chi connectivity index (χ0n) is 16.8. The molecule has 4 rings (SSSR count). The van der Waals surface area contributed by atoms with Gasteiger partial charge in [0.05, 0.1) is 5.69 Å². The summed E-state index contributed by atoms with van der Waals surface area (Å²) in [7, 11) is 0. The molecule has 0 spiro atoms. The molecule has 0 radical (unpaired) electrons. The predicted octanol–water partition coefficient (Wildman–Crippen LogP) is 3.38. The van der Waals surface area contributed by atoms with Crippen molar-refractivity contribution in [2.24, 2.45) is 5.73 Å². The number of pyridine rings is 1. The number of ether oxygens (including phenoxy) is 1. The summed E-state index contributed by atoms with van der Waals surface area (Å²) in [6.07, 6.45) is 5.47. The third-order valence-electron chi connectivity index (χ3n) is 5.39. The molecule has 0 bridgehead atoms. The number of hydrogen-bond donors (Lipinski definition) is 1. The third-order valence-corrected chi connectivity index (χ3v) is 5.39. The molecule has 3 aromatic rings. The lowest BCUT2D eigenvalue weighted by Gasteiger charge is -2.36. The number of aromatic nitrogens is 2. The maximum atomic E-state index is 11.1. The molecule has 0 aliphatic carbocycles. The molecule has 0 atom stereocenters. The van der Waals surface area contributed by atoms with E-state index in [2.05, 4.69) is 46.0 Å². The Hall–Kier alpha value is -3.06. The van der Waals surface area contributed by atoms with Crippen molar-refractivity contribution in [1.29, 1.82) is 0 Å². The highest BCUT2D eigenvalue weighted by molar-refractivity contribution is 5.73. The number of hydrogen-bond acceptors (Lipinski definition) is 5. The average molecular weight is 393 g/mol. The van der Waals surface area contributed by atoms with Gasteiger partial charge in [0.25, 0.3) is 0 Å². The van der Waals surface area contributed by atoms with Crippen LogP contribution < -0.4 is 15.4 Å². The SMILES string of the molecule is CCCCN1CCN(c2ccc(-c3cn4cccc(OC(N)=O)c4n3)cc2)CC1. The van der Waals surface area contributed by atoms with Crippen LogP contribution in [0.4, 0.5) is 10.5 Å². The fraction of sp³-hybridized carbons (Fsp3) is 0.364. The Bertz CT molecular complexity index is 975. The normalized spacial score (nSPS) is 15.0. The summed E-state index contributed by atoms with van der Waals surface area (Å²) >= 11 is 0. The van der Waals surface area contributed by atoms with Crippen molar-refractivity contribution in [2.45, 2.75) is 19.8 Å². The maximum absolute atomic E-state index is 11.1. The van der Waals surface area contributed by atoms with Crippen LogP contribution in [0.1, 0.15) is 19.8 Å². The molecule has 29 heavy (non-hydrogen) atoms. The quantitative estimate of drug-likeness (QED) is 0.695. The Morgan fingerprint density at radius 2 is 1.90 bits per heavy atom. The number of carbonyl (C=O) groups is 1. The van der Waals surface area contributed by atoms with E-state index in [0.717, 1.165) is 37.4 Å². The first kappa shape index (κ1) is 19.3. The van der Waals surface area contributed by atoms with Gasteiger partial charge in [0.1, 0.15) is 0 Å². The van der Waals surface area contributed by atoms with E-state index in [1.807, 2.05) is 16.8 Å². The number of unbranched alkanes of at least 4 members (excludes halogenated alkanes) is 1. The highest BCUT2D eigenvalue weighted by atomic mass is 16.5. The fourth-order valence-corrected chi connectivity index (χ4v) is 3.77. The molecule has 7 heteroatoms. The minimum absolute atomic E-state index is 0.351. The molecule has 2 aromatic heterocycles. The molecule has 1 aliphatic rings. The molecule has 1 amide bonds. The van der Waals surface area contributed by atoms with E-state index < -0.39 is 6.09 Å². The van der Waals surface area contributed by atoms with Crippen LogP contribution in [0.15, 0.2) is 48.8 Å². The number of nitrogens with zero attached hydrogens (tertiary/aromatic N) is 4. The summed E-state index contributed by atoms with van der Waals surface area (Å²) in [4.78, 5) is 20.7. The second-order valence-electron chi connectivity index (χ2n) is 7.38. The standard InChI is InChI=1S/C22H27N5O2/c1-2-3-10-25-12-14-26(15-13-25)18-8-6-17(7-9-18)19-16-27-11-4-5-20(21(27)24-19)29-22(23)28/h4-9,11,16H,2-3,10,12-15H2,1H3,(H2,23,28). The first-order valence-corrected chi connectivity index (χ1v) is 10.2. The van der Waals surface area contributed by atoms with Gasteiger partial charge in [0.15, 0.2) is 11.4 Å². The van der Waals surface area contributed by atoms with Crippen molar-refractivity contribution in [3.63, 3.8) is 0 Å². The smallest absolute Gasteiger partial charge is 0.406 e. The number of benzene rings is 1. The molecular formula is C22H27N5O2. The number of anilines is 1. The highest BCUT2D eigenvalue weighted by Gasteiger charge is 2.17. The van der Waals surface area contributed by atoms with Crippen LogP contribution >= 0.6 is 0 Å². The Kier molecular flexibility index (Phi) is 5.67.